The molecule has 2 aromatic heterocycles. The molecule has 184 valence electrons. The molecule has 4 rings (SSSR count). The van der Waals surface area contributed by atoms with Crippen LogP contribution in [0.1, 0.15) is 86.6 Å². The van der Waals surface area contributed by atoms with Crippen molar-refractivity contribution >= 4 is 38.4 Å². The van der Waals surface area contributed by atoms with E-state index in [2.05, 4.69) is 100 Å². The Morgan fingerprint density at radius 1 is 0.686 bits per heavy atom. The van der Waals surface area contributed by atoms with Crippen molar-refractivity contribution in [2.75, 3.05) is 0 Å². The van der Waals surface area contributed by atoms with E-state index in [1.54, 1.807) is 0 Å². The number of halogens is 1. The van der Waals surface area contributed by atoms with Crippen LogP contribution < -0.4 is 0 Å². The van der Waals surface area contributed by atoms with Crippen molar-refractivity contribution in [3.8, 4) is 0 Å². The minimum Gasteiger partial charge on any atom is -0.359 e. The van der Waals surface area contributed by atoms with E-state index >= 15 is 0 Å². The Hall–Kier alpha value is -2.66. The third-order valence-electron chi connectivity index (χ3n) is 7.86. The molecule has 0 saturated carbocycles. The number of aliphatic imine (C=N–C) groups is 2. The summed E-state index contributed by atoms with van der Waals surface area (Å²) in [7, 11) is 0. The first-order valence-corrected chi connectivity index (χ1v) is 13.4. The van der Waals surface area contributed by atoms with Gasteiger partial charge in [0.15, 0.2) is 0 Å². The number of aryl methyl sites for hydroxylation is 1. The Balaban J connectivity index is 1.69. The summed E-state index contributed by atoms with van der Waals surface area (Å²) in [5.74, 6) is 0. The van der Waals surface area contributed by atoms with Crippen LogP contribution in [0.5, 0.6) is 0 Å². The predicted octanol–water partition coefficient (Wildman–Crippen LogP) is 8.25. The third kappa shape index (κ3) is 4.51. The normalized spacial score (nSPS) is 18.6. The van der Waals surface area contributed by atoms with Crippen LogP contribution >= 0.6 is 15.9 Å². The molecule has 2 N–H and O–H groups in total. The molecule has 0 aromatic carbocycles. The number of rotatable bonds is 6. The molecule has 0 bridgehead atoms. The molecule has 0 spiro atoms. The Kier molecular flexibility index (Phi) is 7.10. The first-order valence-electron chi connectivity index (χ1n) is 12.6. The summed E-state index contributed by atoms with van der Waals surface area (Å²) in [5, 5.41) is 0. The molecule has 0 saturated heterocycles. The van der Waals surface area contributed by atoms with E-state index in [0.717, 1.165) is 46.7 Å². The maximum absolute atomic E-state index is 5.11. The van der Waals surface area contributed by atoms with Gasteiger partial charge in [-0.15, -0.1) is 0 Å². The zero-order valence-electron chi connectivity index (χ0n) is 22.5. The second kappa shape index (κ2) is 9.77. The summed E-state index contributed by atoms with van der Waals surface area (Å²) in [6.45, 7) is 19.6. The van der Waals surface area contributed by atoms with Gasteiger partial charge in [-0.3, -0.25) is 4.99 Å². The van der Waals surface area contributed by atoms with Crippen molar-refractivity contribution in [1.29, 1.82) is 0 Å². The highest BCUT2D eigenvalue weighted by molar-refractivity contribution is 9.18. The number of aromatic amines is 2. The van der Waals surface area contributed by atoms with Gasteiger partial charge in [-0.05, 0) is 134 Å². The average Bonchev–Trinajstić information content (AvgIpc) is 3.45. The maximum atomic E-state index is 5.11. The summed E-state index contributed by atoms with van der Waals surface area (Å²) in [6, 6.07) is 0. The highest BCUT2D eigenvalue weighted by Gasteiger charge is 2.22. The average molecular weight is 534 g/mol. The number of hydrogen-bond acceptors (Lipinski definition) is 2. The van der Waals surface area contributed by atoms with Gasteiger partial charge in [0.25, 0.3) is 0 Å². The molecule has 2 aromatic rings. The second-order valence-corrected chi connectivity index (χ2v) is 10.5. The number of nitrogens with one attached hydrogen (secondary N) is 2. The molecule has 0 radical (unpaired) electrons. The van der Waals surface area contributed by atoms with Crippen LogP contribution in [0.3, 0.4) is 0 Å². The van der Waals surface area contributed by atoms with Crippen LogP contribution in [0.2, 0.25) is 0 Å². The molecule has 4 heterocycles. The van der Waals surface area contributed by atoms with Gasteiger partial charge in [-0.1, -0.05) is 13.8 Å². The van der Waals surface area contributed by atoms with Crippen molar-refractivity contribution in [2.24, 2.45) is 9.98 Å². The van der Waals surface area contributed by atoms with E-state index in [9.17, 15) is 0 Å². The van der Waals surface area contributed by atoms with Gasteiger partial charge in [0, 0.05) is 29.2 Å². The quantitative estimate of drug-likeness (QED) is 0.376. The Bertz CT molecular complexity index is 1400. The molecule has 5 heteroatoms. The maximum Gasteiger partial charge on any atom is 0.110 e. The highest BCUT2D eigenvalue weighted by atomic mass is 79.9. The van der Waals surface area contributed by atoms with Gasteiger partial charge in [0.1, 0.15) is 4.62 Å². The smallest absolute Gasteiger partial charge is 0.110 e. The van der Waals surface area contributed by atoms with Gasteiger partial charge in [0.05, 0.1) is 17.1 Å². The molecule has 4 nitrogen and oxygen atoms in total. The predicted molar refractivity (Wildman–Crippen MR) is 155 cm³/mol. The first kappa shape index (κ1) is 25.4. The minimum atomic E-state index is 0.803. The Morgan fingerprint density at radius 3 is 1.77 bits per heavy atom. The fourth-order valence-corrected chi connectivity index (χ4v) is 5.71. The van der Waals surface area contributed by atoms with E-state index < -0.39 is 0 Å². The summed E-state index contributed by atoms with van der Waals surface area (Å²) in [5.41, 5.74) is 18.4. The van der Waals surface area contributed by atoms with E-state index in [4.69, 9.17) is 9.98 Å². The second-order valence-electron chi connectivity index (χ2n) is 9.79. The lowest BCUT2D eigenvalue weighted by molar-refractivity contribution is 1.06. The van der Waals surface area contributed by atoms with Gasteiger partial charge in [-0.25, -0.2) is 4.99 Å². The lowest BCUT2D eigenvalue weighted by Crippen LogP contribution is -2.05. The number of aromatic nitrogens is 2. The third-order valence-corrected chi connectivity index (χ3v) is 8.63. The molecule has 0 fully saturated rings. The number of nitrogens with zero attached hydrogens (tertiary/aromatic N) is 2. The number of hydrogen-bond donors (Lipinski definition) is 2. The molecule has 2 aliphatic rings. The van der Waals surface area contributed by atoms with E-state index in [1.807, 2.05) is 0 Å². The van der Waals surface area contributed by atoms with Crippen LogP contribution in [0.25, 0.3) is 12.2 Å². The fourth-order valence-electron chi connectivity index (χ4n) is 5.22. The summed E-state index contributed by atoms with van der Waals surface area (Å²) >= 11 is 3.58. The van der Waals surface area contributed by atoms with E-state index in [1.165, 1.54) is 61.6 Å². The molecule has 0 amide bonds. The lowest BCUT2D eigenvalue weighted by Gasteiger charge is -2.04. The van der Waals surface area contributed by atoms with Crippen molar-refractivity contribution in [3.05, 3.63) is 78.7 Å². The molecular weight excluding hydrogens is 496 g/mol. The molecule has 0 atom stereocenters. The van der Waals surface area contributed by atoms with Gasteiger partial charge in [0.2, 0.25) is 0 Å². The van der Waals surface area contributed by atoms with Crippen molar-refractivity contribution in [2.45, 2.75) is 81.6 Å². The van der Waals surface area contributed by atoms with Gasteiger partial charge >= 0.3 is 0 Å². The Labute approximate surface area is 218 Å². The van der Waals surface area contributed by atoms with E-state index in [0.29, 0.717) is 0 Å². The zero-order chi connectivity index (χ0) is 25.6. The van der Waals surface area contributed by atoms with Crippen LogP contribution in [-0.2, 0) is 19.3 Å². The molecule has 0 unspecified atom stereocenters. The van der Waals surface area contributed by atoms with Crippen LogP contribution in [0, 0.1) is 20.8 Å². The van der Waals surface area contributed by atoms with Crippen molar-refractivity contribution in [3.63, 3.8) is 0 Å². The highest BCUT2D eigenvalue weighted by Crippen LogP contribution is 2.33. The van der Waals surface area contributed by atoms with Crippen molar-refractivity contribution < 1.29 is 0 Å². The summed E-state index contributed by atoms with van der Waals surface area (Å²) in [4.78, 5) is 17.1. The Morgan fingerprint density at radius 2 is 1.23 bits per heavy atom. The molecule has 2 aliphatic heterocycles. The topological polar surface area (TPSA) is 56.3 Å². The lowest BCUT2D eigenvalue weighted by atomic mass is 10.00. The zero-order valence-corrected chi connectivity index (χ0v) is 24.1. The van der Waals surface area contributed by atoms with E-state index in [-0.39, 0.29) is 0 Å². The number of allylic oxidation sites excluding steroid dienone is 4. The van der Waals surface area contributed by atoms with Crippen molar-refractivity contribution in [1.82, 2.24) is 9.97 Å². The first-order chi connectivity index (χ1) is 16.6. The van der Waals surface area contributed by atoms with Gasteiger partial charge < -0.3 is 9.97 Å². The minimum absolute atomic E-state index is 0.803. The largest absolute Gasteiger partial charge is 0.359 e. The molecule has 0 aliphatic carbocycles. The van der Waals surface area contributed by atoms with Crippen LogP contribution in [0.15, 0.2) is 43.7 Å². The van der Waals surface area contributed by atoms with Crippen LogP contribution in [0.4, 0.5) is 0 Å². The SMILES string of the molecule is CCc1c(C)[nH]c(/C=C2\N=C(Cc3[nH]c(/C=C4\N=C(Br)C(C)=C4C)c(C)c3CC)C(C)=C2C)c1C. The molecular formula is C30H37BrN4. The monoisotopic (exact) mass is 532 g/mol. The van der Waals surface area contributed by atoms with Gasteiger partial charge in [-0.2, -0.15) is 0 Å². The summed E-state index contributed by atoms with van der Waals surface area (Å²) < 4.78 is 0.927. The van der Waals surface area contributed by atoms with Crippen LogP contribution in [-0.4, -0.2) is 20.3 Å². The number of H-pyrrole nitrogens is 2. The fraction of sp³-hybridized carbons (Fsp3) is 0.400. The standard InChI is InChI=1S/C30H37BrN4/c1-10-22-19(7)27(32-21(22)9)12-24-15(3)16(4)25(33-24)14-29-23(11-2)20(8)28(34-29)13-26-17(5)18(6)30(31)35-26/h12-13,32,34H,10-11,14H2,1-9H3/b24-12-,26-13-. The molecule has 35 heavy (non-hydrogen) atoms. The summed E-state index contributed by atoms with van der Waals surface area (Å²) in [6.07, 6.45) is 7.23.